The highest BCUT2D eigenvalue weighted by Crippen LogP contribution is 2.29. The third-order valence-corrected chi connectivity index (χ3v) is 3.80. The molecule has 19 heavy (non-hydrogen) atoms. The molecule has 1 amide bonds. The molecule has 3 rings (SSSR count). The first-order valence-electron chi connectivity index (χ1n) is 6.69. The molecule has 1 aromatic carbocycles. The first kappa shape index (κ1) is 12.2. The third-order valence-electron chi connectivity index (χ3n) is 3.80. The van der Waals surface area contributed by atoms with Gasteiger partial charge in [-0.1, -0.05) is 32.0 Å². The van der Waals surface area contributed by atoms with Gasteiger partial charge in [0, 0.05) is 24.7 Å². The number of carbonyl (C=O) groups excluding carboxylic acids is 1. The van der Waals surface area contributed by atoms with Gasteiger partial charge in [-0.15, -0.1) is 0 Å². The normalized spacial score (nSPS) is 17.9. The Morgan fingerprint density at radius 1 is 1.32 bits per heavy atom. The highest BCUT2D eigenvalue weighted by atomic mass is 16.2. The maximum absolute atomic E-state index is 12.5. The van der Waals surface area contributed by atoms with Crippen LogP contribution in [0.3, 0.4) is 0 Å². The molecule has 0 radical (unpaired) electrons. The van der Waals surface area contributed by atoms with Crippen molar-refractivity contribution in [2.24, 2.45) is 5.41 Å². The van der Waals surface area contributed by atoms with Gasteiger partial charge in [0.15, 0.2) is 0 Å². The summed E-state index contributed by atoms with van der Waals surface area (Å²) >= 11 is 0. The van der Waals surface area contributed by atoms with Crippen molar-refractivity contribution in [2.45, 2.75) is 20.3 Å². The van der Waals surface area contributed by atoms with Crippen molar-refractivity contribution in [2.75, 3.05) is 13.1 Å². The summed E-state index contributed by atoms with van der Waals surface area (Å²) in [5.41, 5.74) is 1.86. The SMILES string of the molecule is CC1(C)CCN(C(=O)c2cnc3ccccc3c2)C1. The summed E-state index contributed by atoms with van der Waals surface area (Å²) in [4.78, 5) is 18.8. The van der Waals surface area contributed by atoms with Gasteiger partial charge >= 0.3 is 0 Å². The maximum atomic E-state index is 12.5. The quantitative estimate of drug-likeness (QED) is 0.783. The van der Waals surface area contributed by atoms with Gasteiger partial charge < -0.3 is 4.90 Å². The number of amides is 1. The van der Waals surface area contributed by atoms with E-state index in [1.165, 1.54) is 0 Å². The van der Waals surface area contributed by atoms with Gasteiger partial charge in [0.1, 0.15) is 0 Å². The summed E-state index contributed by atoms with van der Waals surface area (Å²) in [7, 11) is 0. The smallest absolute Gasteiger partial charge is 0.255 e. The molecule has 0 saturated carbocycles. The van der Waals surface area contributed by atoms with Gasteiger partial charge in [-0.05, 0) is 24.0 Å². The number of hydrogen-bond acceptors (Lipinski definition) is 2. The van der Waals surface area contributed by atoms with Crippen molar-refractivity contribution >= 4 is 16.8 Å². The van der Waals surface area contributed by atoms with Crippen molar-refractivity contribution in [1.82, 2.24) is 9.88 Å². The summed E-state index contributed by atoms with van der Waals surface area (Å²) in [6.07, 6.45) is 2.76. The first-order chi connectivity index (χ1) is 9.05. The molecular weight excluding hydrogens is 236 g/mol. The van der Waals surface area contributed by atoms with Gasteiger partial charge in [0.2, 0.25) is 0 Å². The topological polar surface area (TPSA) is 33.2 Å². The van der Waals surface area contributed by atoms with Crippen LogP contribution in [0.4, 0.5) is 0 Å². The Balaban J connectivity index is 1.90. The molecule has 0 aliphatic carbocycles. The molecule has 1 aliphatic rings. The molecule has 98 valence electrons. The zero-order valence-electron chi connectivity index (χ0n) is 11.4. The van der Waals surface area contributed by atoms with Crippen LogP contribution in [0.5, 0.6) is 0 Å². The lowest BCUT2D eigenvalue weighted by Crippen LogP contribution is -2.30. The van der Waals surface area contributed by atoms with Crippen LogP contribution in [0.2, 0.25) is 0 Å². The molecule has 0 unspecified atom stereocenters. The van der Waals surface area contributed by atoms with Crippen molar-refractivity contribution in [1.29, 1.82) is 0 Å². The monoisotopic (exact) mass is 254 g/mol. The number of pyridine rings is 1. The van der Waals surface area contributed by atoms with Crippen LogP contribution >= 0.6 is 0 Å². The predicted molar refractivity (Wildman–Crippen MR) is 76.0 cm³/mol. The lowest BCUT2D eigenvalue weighted by molar-refractivity contribution is 0.0778. The Kier molecular flexibility index (Phi) is 2.77. The first-order valence-corrected chi connectivity index (χ1v) is 6.69. The van der Waals surface area contributed by atoms with E-state index >= 15 is 0 Å². The Bertz CT molecular complexity index is 633. The fourth-order valence-corrected chi connectivity index (χ4v) is 2.66. The fourth-order valence-electron chi connectivity index (χ4n) is 2.66. The van der Waals surface area contributed by atoms with Crippen LogP contribution < -0.4 is 0 Å². The van der Waals surface area contributed by atoms with Crippen LogP contribution in [0.25, 0.3) is 10.9 Å². The van der Waals surface area contributed by atoms with Crippen LogP contribution in [0.1, 0.15) is 30.6 Å². The van der Waals surface area contributed by atoms with Crippen molar-refractivity contribution < 1.29 is 4.79 Å². The second-order valence-electron chi connectivity index (χ2n) is 6.06. The molecule has 2 heterocycles. The second-order valence-corrected chi connectivity index (χ2v) is 6.06. The molecule has 0 N–H and O–H groups in total. The van der Waals surface area contributed by atoms with Crippen LogP contribution in [-0.4, -0.2) is 28.9 Å². The van der Waals surface area contributed by atoms with E-state index in [-0.39, 0.29) is 11.3 Å². The Morgan fingerprint density at radius 3 is 2.84 bits per heavy atom. The van der Waals surface area contributed by atoms with E-state index in [2.05, 4.69) is 18.8 Å². The number of fused-ring (bicyclic) bond motifs is 1. The molecule has 0 spiro atoms. The zero-order valence-corrected chi connectivity index (χ0v) is 11.4. The molecule has 3 heteroatoms. The Hall–Kier alpha value is -1.90. The van der Waals surface area contributed by atoms with E-state index in [1.807, 2.05) is 35.2 Å². The van der Waals surface area contributed by atoms with Gasteiger partial charge in [0.05, 0.1) is 11.1 Å². The largest absolute Gasteiger partial charge is 0.338 e. The van der Waals surface area contributed by atoms with E-state index < -0.39 is 0 Å². The zero-order chi connectivity index (χ0) is 13.5. The van der Waals surface area contributed by atoms with Crippen molar-refractivity contribution in [3.8, 4) is 0 Å². The van der Waals surface area contributed by atoms with Crippen LogP contribution in [0, 0.1) is 5.41 Å². The van der Waals surface area contributed by atoms with Crippen molar-refractivity contribution in [3.63, 3.8) is 0 Å². The average Bonchev–Trinajstić information content (AvgIpc) is 2.78. The minimum atomic E-state index is 0.101. The molecule has 2 aromatic rings. The highest BCUT2D eigenvalue weighted by Gasteiger charge is 2.32. The minimum absolute atomic E-state index is 0.101. The summed E-state index contributed by atoms with van der Waals surface area (Å²) in [5, 5.41) is 1.02. The number of nitrogens with zero attached hydrogens (tertiary/aromatic N) is 2. The van der Waals surface area contributed by atoms with Gasteiger partial charge in [-0.3, -0.25) is 9.78 Å². The molecular formula is C16H18N2O. The lowest BCUT2D eigenvalue weighted by atomic mass is 9.93. The summed E-state index contributed by atoms with van der Waals surface area (Å²) in [6, 6.07) is 9.82. The second kappa shape index (κ2) is 4.34. The molecule has 1 saturated heterocycles. The van der Waals surface area contributed by atoms with Crippen LogP contribution in [-0.2, 0) is 0 Å². The van der Waals surface area contributed by atoms with Crippen LogP contribution in [0.15, 0.2) is 36.5 Å². The summed E-state index contributed by atoms with van der Waals surface area (Å²) < 4.78 is 0. The van der Waals surface area contributed by atoms with E-state index in [0.29, 0.717) is 5.56 Å². The summed E-state index contributed by atoms with van der Waals surface area (Å²) in [6.45, 7) is 6.09. The number of likely N-dealkylation sites (tertiary alicyclic amines) is 1. The molecule has 1 aromatic heterocycles. The van der Waals surface area contributed by atoms with Gasteiger partial charge in [0.25, 0.3) is 5.91 Å². The predicted octanol–water partition coefficient (Wildman–Crippen LogP) is 3.11. The number of hydrogen-bond donors (Lipinski definition) is 0. The van der Waals surface area contributed by atoms with E-state index in [9.17, 15) is 4.79 Å². The number of rotatable bonds is 1. The lowest BCUT2D eigenvalue weighted by Gasteiger charge is -2.19. The molecule has 1 aliphatic heterocycles. The molecule has 0 atom stereocenters. The Labute approximate surface area is 113 Å². The van der Waals surface area contributed by atoms with E-state index in [4.69, 9.17) is 0 Å². The van der Waals surface area contributed by atoms with Crippen molar-refractivity contribution in [3.05, 3.63) is 42.1 Å². The molecule has 0 bridgehead atoms. The molecule has 3 nitrogen and oxygen atoms in total. The van der Waals surface area contributed by atoms with E-state index in [0.717, 1.165) is 30.4 Å². The summed E-state index contributed by atoms with van der Waals surface area (Å²) in [5.74, 6) is 0.101. The number of carbonyl (C=O) groups is 1. The minimum Gasteiger partial charge on any atom is -0.338 e. The number of benzene rings is 1. The Morgan fingerprint density at radius 2 is 2.11 bits per heavy atom. The van der Waals surface area contributed by atoms with E-state index in [1.54, 1.807) is 6.20 Å². The highest BCUT2D eigenvalue weighted by molar-refractivity contribution is 5.97. The molecule has 1 fully saturated rings. The maximum Gasteiger partial charge on any atom is 0.255 e. The fraction of sp³-hybridized carbons (Fsp3) is 0.375. The van der Waals surface area contributed by atoms with Gasteiger partial charge in [-0.25, -0.2) is 0 Å². The average molecular weight is 254 g/mol. The van der Waals surface area contributed by atoms with Gasteiger partial charge in [-0.2, -0.15) is 0 Å². The standard InChI is InChI=1S/C16H18N2O/c1-16(2)7-8-18(11-16)15(19)13-9-12-5-3-4-6-14(12)17-10-13/h3-6,9-10H,7-8,11H2,1-2H3. The third kappa shape index (κ3) is 2.33. The number of aromatic nitrogens is 1. The number of para-hydroxylation sites is 1.